The van der Waals surface area contributed by atoms with Gasteiger partial charge in [-0.3, -0.25) is 14.5 Å². The van der Waals surface area contributed by atoms with Crippen LogP contribution in [0.3, 0.4) is 0 Å². The third-order valence-corrected chi connectivity index (χ3v) is 4.36. The molecule has 0 spiro atoms. The number of aliphatic hydroxyl groups is 1. The van der Waals surface area contributed by atoms with E-state index >= 15 is 0 Å². The zero-order valence-corrected chi connectivity index (χ0v) is 13.3. The van der Waals surface area contributed by atoms with E-state index in [0.29, 0.717) is 12.6 Å². The molecule has 1 aliphatic heterocycles. The van der Waals surface area contributed by atoms with Crippen LogP contribution in [0.2, 0.25) is 0 Å². The lowest BCUT2D eigenvalue weighted by Crippen LogP contribution is -2.48. The maximum atomic E-state index is 9.07. The van der Waals surface area contributed by atoms with E-state index in [1.54, 1.807) is 0 Å². The highest BCUT2D eigenvalue weighted by molar-refractivity contribution is 5.24. The Morgan fingerprint density at radius 2 is 1.80 bits per heavy atom. The lowest BCUT2D eigenvalue weighted by atomic mass is 10.1. The van der Waals surface area contributed by atoms with E-state index in [2.05, 4.69) is 42.6 Å². The number of piperazine rings is 1. The van der Waals surface area contributed by atoms with Crippen LogP contribution in [-0.2, 0) is 13.1 Å². The van der Waals surface area contributed by atoms with Gasteiger partial charge in [0, 0.05) is 50.0 Å². The molecular formula is C15H28N4O. The molecule has 1 aromatic rings. The largest absolute Gasteiger partial charge is 0.394 e. The van der Waals surface area contributed by atoms with Crippen molar-refractivity contribution in [2.75, 3.05) is 32.8 Å². The van der Waals surface area contributed by atoms with Gasteiger partial charge in [0.25, 0.3) is 0 Å². The molecular weight excluding hydrogens is 252 g/mol. The van der Waals surface area contributed by atoms with Gasteiger partial charge in [-0.1, -0.05) is 0 Å². The molecule has 5 nitrogen and oxygen atoms in total. The minimum absolute atomic E-state index is 0.147. The summed E-state index contributed by atoms with van der Waals surface area (Å²) in [6.45, 7) is 15.0. The Labute approximate surface area is 122 Å². The van der Waals surface area contributed by atoms with Crippen molar-refractivity contribution in [2.24, 2.45) is 0 Å². The quantitative estimate of drug-likeness (QED) is 0.874. The Hall–Kier alpha value is -0.910. The molecule has 0 unspecified atom stereocenters. The second kappa shape index (κ2) is 6.70. The lowest BCUT2D eigenvalue weighted by Gasteiger charge is -2.37. The van der Waals surface area contributed by atoms with Gasteiger partial charge in [0.15, 0.2) is 0 Å². The maximum Gasteiger partial charge on any atom is 0.0644 e. The van der Waals surface area contributed by atoms with E-state index in [1.807, 2.05) is 4.68 Å². The van der Waals surface area contributed by atoms with E-state index in [0.717, 1.165) is 38.4 Å². The number of aryl methyl sites for hydroxylation is 1. The van der Waals surface area contributed by atoms with Crippen LogP contribution in [0.25, 0.3) is 0 Å². The SMILES string of the molecule is Cc1nn(CCO)c(C)c1CN1CCN(C(C)C)CC1. The molecule has 0 amide bonds. The summed E-state index contributed by atoms with van der Waals surface area (Å²) >= 11 is 0. The summed E-state index contributed by atoms with van der Waals surface area (Å²) in [6, 6.07) is 0.646. The predicted octanol–water partition coefficient (Wildman–Crippen LogP) is 1.02. The van der Waals surface area contributed by atoms with Crippen LogP contribution in [0.4, 0.5) is 0 Å². The smallest absolute Gasteiger partial charge is 0.0644 e. The molecule has 1 saturated heterocycles. The molecule has 114 valence electrons. The second-order valence-electron chi connectivity index (χ2n) is 6.00. The number of aromatic nitrogens is 2. The van der Waals surface area contributed by atoms with Crippen molar-refractivity contribution in [1.82, 2.24) is 19.6 Å². The van der Waals surface area contributed by atoms with Gasteiger partial charge < -0.3 is 5.11 Å². The first-order valence-electron chi connectivity index (χ1n) is 7.63. The number of hydrogen-bond acceptors (Lipinski definition) is 4. The Kier molecular flexibility index (Phi) is 5.18. The van der Waals surface area contributed by atoms with Gasteiger partial charge in [-0.05, 0) is 27.7 Å². The summed E-state index contributed by atoms with van der Waals surface area (Å²) in [5.41, 5.74) is 3.63. The zero-order chi connectivity index (χ0) is 14.7. The van der Waals surface area contributed by atoms with E-state index in [1.165, 1.54) is 11.3 Å². The van der Waals surface area contributed by atoms with Crippen molar-refractivity contribution in [1.29, 1.82) is 0 Å². The first-order chi connectivity index (χ1) is 9.52. The minimum atomic E-state index is 0.147. The number of aliphatic hydroxyl groups excluding tert-OH is 1. The monoisotopic (exact) mass is 280 g/mol. The Bertz CT molecular complexity index is 433. The van der Waals surface area contributed by atoms with Gasteiger partial charge in [-0.2, -0.15) is 5.10 Å². The highest BCUT2D eigenvalue weighted by Gasteiger charge is 2.21. The molecule has 0 saturated carbocycles. The van der Waals surface area contributed by atoms with Gasteiger partial charge in [0.2, 0.25) is 0 Å². The Morgan fingerprint density at radius 1 is 1.15 bits per heavy atom. The van der Waals surface area contributed by atoms with Crippen LogP contribution >= 0.6 is 0 Å². The van der Waals surface area contributed by atoms with Crippen LogP contribution in [0, 0.1) is 13.8 Å². The standard InChI is InChI=1S/C15H28N4O/c1-12(2)18-7-5-17(6-8-18)11-15-13(3)16-19(9-10-20)14(15)4/h12,20H,5-11H2,1-4H3. The normalized spacial score (nSPS) is 18.1. The first kappa shape index (κ1) is 15.5. The summed E-state index contributed by atoms with van der Waals surface area (Å²) < 4.78 is 1.93. The molecule has 1 aromatic heterocycles. The van der Waals surface area contributed by atoms with Crippen LogP contribution in [0.15, 0.2) is 0 Å². The summed E-state index contributed by atoms with van der Waals surface area (Å²) in [5.74, 6) is 0. The van der Waals surface area contributed by atoms with Crippen molar-refractivity contribution in [3.63, 3.8) is 0 Å². The van der Waals surface area contributed by atoms with Crippen LogP contribution in [0.1, 0.15) is 30.8 Å². The molecule has 2 heterocycles. The van der Waals surface area contributed by atoms with Crippen LogP contribution in [0.5, 0.6) is 0 Å². The third-order valence-electron chi connectivity index (χ3n) is 4.36. The topological polar surface area (TPSA) is 44.5 Å². The summed E-state index contributed by atoms with van der Waals surface area (Å²) in [7, 11) is 0. The number of hydrogen-bond donors (Lipinski definition) is 1. The molecule has 0 radical (unpaired) electrons. The minimum Gasteiger partial charge on any atom is -0.394 e. The van der Waals surface area contributed by atoms with Gasteiger partial charge >= 0.3 is 0 Å². The molecule has 0 atom stereocenters. The van der Waals surface area contributed by atoms with Crippen molar-refractivity contribution in [3.8, 4) is 0 Å². The third kappa shape index (κ3) is 3.40. The molecule has 0 bridgehead atoms. The molecule has 20 heavy (non-hydrogen) atoms. The molecule has 1 N–H and O–H groups in total. The fourth-order valence-corrected chi connectivity index (χ4v) is 2.94. The van der Waals surface area contributed by atoms with Gasteiger partial charge in [0.1, 0.15) is 0 Å². The van der Waals surface area contributed by atoms with E-state index in [-0.39, 0.29) is 6.61 Å². The first-order valence-corrected chi connectivity index (χ1v) is 7.63. The summed E-state index contributed by atoms with van der Waals surface area (Å²) in [5, 5.41) is 13.6. The average Bonchev–Trinajstić information content (AvgIpc) is 2.68. The van der Waals surface area contributed by atoms with Crippen molar-refractivity contribution in [2.45, 2.75) is 46.8 Å². The van der Waals surface area contributed by atoms with Gasteiger partial charge in [-0.25, -0.2) is 0 Å². The highest BCUT2D eigenvalue weighted by atomic mass is 16.3. The Morgan fingerprint density at radius 3 is 2.35 bits per heavy atom. The van der Waals surface area contributed by atoms with Gasteiger partial charge in [-0.15, -0.1) is 0 Å². The fraction of sp³-hybridized carbons (Fsp3) is 0.800. The molecule has 0 aromatic carbocycles. The second-order valence-corrected chi connectivity index (χ2v) is 6.00. The van der Waals surface area contributed by atoms with Crippen molar-refractivity contribution in [3.05, 3.63) is 17.0 Å². The molecule has 5 heteroatoms. The zero-order valence-electron chi connectivity index (χ0n) is 13.3. The number of nitrogens with zero attached hydrogens (tertiary/aromatic N) is 4. The predicted molar refractivity (Wildman–Crippen MR) is 80.8 cm³/mol. The summed E-state index contributed by atoms with van der Waals surface area (Å²) in [6.07, 6.45) is 0. The van der Waals surface area contributed by atoms with Crippen LogP contribution < -0.4 is 0 Å². The summed E-state index contributed by atoms with van der Waals surface area (Å²) in [4.78, 5) is 5.05. The van der Waals surface area contributed by atoms with Crippen LogP contribution in [-0.4, -0.2) is 63.5 Å². The van der Waals surface area contributed by atoms with Crippen molar-refractivity contribution >= 4 is 0 Å². The fourth-order valence-electron chi connectivity index (χ4n) is 2.94. The molecule has 0 aliphatic carbocycles. The van der Waals surface area contributed by atoms with E-state index in [4.69, 9.17) is 5.11 Å². The molecule has 2 rings (SSSR count). The lowest BCUT2D eigenvalue weighted by molar-refractivity contribution is 0.104. The highest BCUT2D eigenvalue weighted by Crippen LogP contribution is 2.17. The Balaban J connectivity index is 1.97. The molecule has 1 fully saturated rings. The van der Waals surface area contributed by atoms with E-state index < -0.39 is 0 Å². The number of rotatable bonds is 5. The van der Waals surface area contributed by atoms with Crippen molar-refractivity contribution < 1.29 is 5.11 Å². The van der Waals surface area contributed by atoms with Gasteiger partial charge in [0.05, 0.1) is 18.8 Å². The molecule has 1 aliphatic rings. The maximum absolute atomic E-state index is 9.07. The van der Waals surface area contributed by atoms with E-state index in [9.17, 15) is 0 Å². The average molecular weight is 280 g/mol.